The van der Waals surface area contributed by atoms with Crippen molar-refractivity contribution in [2.45, 2.75) is 83.7 Å². The number of hydrogen-bond donors (Lipinski definition) is 0. The molecular formula is C15H28O2. The van der Waals surface area contributed by atoms with Crippen LogP contribution in [0.1, 0.15) is 78.1 Å². The predicted molar refractivity (Wildman–Crippen MR) is 71.2 cm³/mol. The van der Waals surface area contributed by atoms with Crippen molar-refractivity contribution >= 4 is 5.78 Å². The summed E-state index contributed by atoms with van der Waals surface area (Å²) in [6.07, 6.45) is 11.5. The maximum atomic E-state index is 12.0. The Balaban J connectivity index is 2.00. The highest BCUT2D eigenvalue weighted by molar-refractivity contribution is 5.87. The quantitative estimate of drug-likeness (QED) is 0.563. The van der Waals surface area contributed by atoms with E-state index in [4.69, 9.17) is 4.74 Å². The zero-order valence-electron chi connectivity index (χ0n) is 11.6. The van der Waals surface area contributed by atoms with E-state index >= 15 is 0 Å². The van der Waals surface area contributed by atoms with Gasteiger partial charge in [-0.2, -0.15) is 0 Å². The van der Waals surface area contributed by atoms with E-state index in [2.05, 4.69) is 6.92 Å². The van der Waals surface area contributed by atoms with E-state index in [9.17, 15) is 4.79 Å². The number of rotatable bonds is 9. The molecule has 1 saturated heterocycles. The molecule has 2 heteroatoms. The van der Waals surface area contributed by atoms with Gasteiger partial charge in [0.15, 0.2) is 5.78 Å². The molecule has 0 radical (unpaired) electrons. The molecule has 1 atom stereocenters. The van der Waals surface area contributed by atoms with E-state index in [-0.39, 0.29) is 0 Å². The van der Waals surface area contributed by atoms with Crippen molar-refractivity contribution in [2.24, 2.45) is 0 Å². The first kappa shape index (κ1) is 14.7. The Morgan fingerprint density at radius 2 is 1.76 bits per heavy atom. The molecule has 2 nitrogen and oxygen atoms in total. The van der Waals surface area contributed by atoms with Crippen molar-refractivity contribution < 1.29 is 9.53 Å². The van der Waals surface area contributed by atoms with Crippen LogP contribution in [0.5, 0.6) is 0 Å². The second-order valence-electron chi connectivity index (χ2n) is 5.48. The summed E-state index contributed by atoms with van der Waals surface area (Å²) in [6.45, 7) is 4.96. The van der Waals surface area contributed by atoms with Crippen LogP contribution >= 0.6 is 0 Å². The number of carbonyl (C=O) groups is 1. The Kier molecular flexibility index (Phi) is 6.79. The summed E-state index contributed by atoms with van der Waals surface area (Å²) < 4.78 is 5.56. The molecule has 1 unspecified atom stereocenters. The first-order chi connectivity index (χ1) is 8.19. The third-order valence-electron chi connectivity index (χ3n) is 3.82. The van der Waals surface area contributed by atoms with Gasteiger partial charge in [0.25, 0.3) is 0 Å². The van der Waals surface area contributed by atoms with Crippen LogP contribution in [0.15, 0.2) is 0 Å². The molecule has 100 valence electrons. The molecule has 0 aliphatic carbocycles. The number of hydrogen-bond acceptors (Lipinski definition) is 2. The third kappa shape index (κ3) is 5.20. The molecule has 17 heavy (non-hydrogen) atoms. The second-order valence-corrected chi connectivity index (χ2v) is 5.48. The zero-order valence-corrected chi connectivity index (χ0v) is 11.6. The van der Waals surface area contributed by atoms with Crippen LogP contribution in [0.4, 0.5) is 0 Å². The average Bonchev–Trinajstić information content (AvgIpc) is 2.76. The van der Waals surface area contributed by atoms with E-state index in [1.54, 1.807) is 0 Å². The van der Waals surface area contributed by atoms with Gasteiger partial charge < -0.3 is 4.74 Å². The molecule has 0 aromatic rings. The fourth-order valence-corrected chi connectivity index (χ4v) is 2.51. The maximum absolute atomic E-state index is 12.0. The van der Waals surface area contributed by atoms with Gasteiger partial charge in [-0.1, -0.05) is 45.4 Å². The third-order valence-corrected chi connectivity index (χ3v) is 3.82. The van der Waals surface area contributed by atoms with E-state index in [1.807, 2.05) is 6.92 Å². The van der Waals surface area contributed by atoms with E-state index < -0.39 is 5.60 Å². The van der Waals surface area contributed by atoms with Crippen molar-refractivity contribution in [3.05, 3.63) is 0 Å². The summed E-state index contributed by atoms with van der Waals surface area (Å²) in [5, 5.41) is 0. The fourth-order valence-electron chi connectivity index (χ4n) is 2.51. The summed E-state index contributed by atoms with van der Waals surface area (Å²) in [4.78, 5) is 12.0. The molecule has 0 saturated carbocycles. The van der Waals surface area contributed by atoms with Crippen LogP contribution in [0.25, 0.3) is 0 Å². The van der Waals surface area contributed by atoms with Gasteiger partial charge in [-0.05, 0) is 26.2 Å². The van der Waals surface area contributed by atoms with Crippen LogP contribution in [0, 0.1) is 0 Å². The van der Waals surface area contributed by atoms with Crippen molar-refractivity contribution in [2.75, 3.05) is 6.61 Å². The van der Waals surface area contributed by atoms with Crippen LogP contribution in [0.3, 0.4) is 0 Å². The van der Waals surface area contributed by atoms with Crippen LogP contribution in [0.2, 0.25) is 0 Å². The maximum Gasteiger partial charge on any atom is 0.164 e. The molecule has 0 aromatic heterocycles. The lowest BCUT2D eigenvalue weighted by atomic mass is 9.93. The lowest BCUT2D eigenvalue weighted by Crippen LogP contribution is -2.34. The van der Waals surface area contributed by atoms with Gasteiger partial charge >= 0.3 is 0 Å². The number of carbonyl (C=O) groups excluding carboxylic acids is 1. The van der Waals surface area contributed by atoms with E-state index in [0.717, 1.165) is 25.9 Å². The Hall–Kier alpha value is -0.370. The molecule has 0 bridgehead atoms. The SMILES string of the molecule is CCCCCCCCCC(=O)C1(C)CCCO1. The second kappa shape index (κ2) is 7.86. The minimum absolute atomic E-state index is 0.323. The molecule has 1 heterocycles. The first-order valence-electron chi connectivity index (χ1n) is 7.36. The number of unbranched alkanes of at least 4 members (excludes halogenated alkanes) is 6. The molecule has 0 aromatic carbocycles. The summed E-state index contributed by atoms with van der Waals surface area (Å²) >= 11 is 0. The van der Waals surface area contributed by atoms with Gasteiger partial charge in [0.1, 0.15) is 5.60 Å². The van der Waals surface area contributed by atoms with Crippen molar-refractivity contribution in [3.8, 4) is 0 Å². The normalized spacial score (nSPS) is 24.1. The molecule has 0 amide bonds. The first-order valence-corrected chi connectivity index (χ1v) is 7.36. The zero-order chi connectivity index (χ0) is 12.6. The number of ether oxygens (including phenoxy) is 1. The summed E-state index contributed by atoms with van der Waals surface area (Å²) in [7, 11) is 0. The molecule has 1 aliphatic heterocycles. The van der Waals surface area contributed by atoms with Crippen LogP contribution < -0.4 is 0 Å². The highest BCUT2D eigenvalue weighted by atomic mass is 16.5. The van der Waals surface area contributed by atoms with Crippen molar-refractivity contribution in [1.29, 1.82) is 0 Å². The Bertz CT molecular complexity index is 217. The average molecular weight is 240 g/mol. The van der Waals surface area contributed by atoms with Gasteiger partial charge in [-0.3, -0.25) is 4.79 Å². The number of Topliss-reactive ketones (excluding diaryl/α,β-unsaturated/α-hetero) is 1. The van der Waals surface area contributed by atoms with Gasteiger partial charge in [0.2, 0.25) is 0 Å². The summed E-state index contributed by atoms with van der Waals surface area (Å²) in [5.41, 5.74) is -0.442. The van der Waals surface area contributed by atoms with Crippen molar-refractivity contribution in [1.82, 2.24) is 0 Å². The number of ketones is 1. The topological polar surface area (TPSA) is 26.3 Å². The summed E-state index contributed by atoms with van der Waals surface area (Å²) in [5.74, 6) is 0.323. The van der Waals surface area contributed by atoms with E-state index in [0.29, 0.717) is 12.2 Å². The minimum Gasteiger partial charge on any atom is -0.368 e. The Labute approximate surface area is 106 Å². The van der Waals surface area contributed by atoms with Gasteiger partial charge in [0.05, 0.1) is 0 Å². The van der Waals surface area contributed by atoms with E-state index in [1.165, 1.54) is 38.5 Å². The Morgan fingerprint density at radius 3 is 2.35 bits per heavy atom. The van der Waals surface area contributed by atoms with Gasteiger partial charge in [-0.15, -0.1) is 0 Å². The fraction of sp³-hybridized carbons (Fsp3) is 0.933. The molecule has 0 spiro atoms. The molecule has 0 N–H and O–H groups in total. The lowest BCUT2D eigenvalue weighted by molar-refractivity contribution is -0.137. The largest absolute Gasteiger partial charge is 0.368 e. The summed E-state index contributed by atoms with van der Waals surface area (Å²) in [6, 6.07) is 0. The van der Waals surface area contributed by atoms with Crippen LogP contribution in [-0.4, -0.2) is 18.0 Å². The Morgan fingerprint density at radius 1 is 1.12 bits per heavy atom. The highest BCUT2D eigenvalue weighted by Gasteiger charge is 2.36. The predicted octanol–water partition coefficient (Wildman–Crippen LogP) is 4.27. The standard InChI is InChI=1S/C15H28O2/c1-3-4-5-6-7-8-9-11-14(16)15(2)12-10-13-17-15/h3-13H2,1-2H3. The highest BCUT2D eigenvalue weighted by Crippen LogP contribution is 2.27. The lowest BCUT2D eigenvalue weighted by Gasteiger charge is -2.21. The van der Waals surface area contributed by atoms with Crippen LogP contribution in [-0.2, 0) is 9.53 Å². The van der Waals surface area contributed by atoms with Gasteiger partial charge in [0, 0.05) is 13.0 Å². The molecule has 1 rings (SSSR count). The molecule has 1 aliphatic rings. The smallest absolute Gasteiger partial charge is 0.164 e. The van der Waals surface area contributed by atoms with Crippen molar-refractivity contribution in [3.63, 3.8) is 0 Å². The molecular weight excluding hydrogens is 212 g/mol. The minimum atomic E-state index is -0.442. The van der Waals surface area contributed by atoms with Gasteiger partial charge in [-0.25, -0.2) is 0 Å². The molecule has 1 fully saturated rings. The monoisotopic (exact) mass is 240 g/mol.